The van der Waals surface area contributed by atoms with Gasteiger partial charge in [0.25, 0.3) is 16.4 Å². The minimum atomic E-state index is -0.345. The number of amides is 4. The molecule has 2 aliphatic rings. The molecule has 0 saturated carbocycles. The molecule has 1 aromatic rings. The second-order valence-corrected chi connectivity index (χ2v) is 7.98. The van der Waals surface area contributed by atoms with Gasteiger partial charge in [-0.2, -0.15) is 0 Å². The molecule has 2 fully saturated rings. The van der Waals surface area contributed by atoms with Crippen molar-refractivity contribution in [2.24, 2.45) is 0 Å². The van der Waals surface area contributed by atoms with Crippen molar-refractivity contribution in [1.29, 1.82) is 0 Å². The highest BCUT2D eigenvalue weighted by molar-refractivity contribution is 8.18. The van der Waals surface area contributed by atoms with Gasteiger partial charge in [-0.15, -0.1) is 0 Å². The maximum absolute atomic E-state index is 12.4. The van der Waals surface area contributed by atoms with Crippen molar-refractivity contribution in [3.63, 3.8) is 0 Å². The lowest BCUT2D eigenvalue weighted by molar-refractivity contribution is -0.124. The predicted molar refractivity (Wildman–Crippen MR) is 106 cm³/mol. The number of hydrogen-bond acceptors (Lipinski definition) is 6. The Bertz CT molecular complexity index is 782. The van der Waals surface area contributed by atoms with Crippen LogP contribution in [0.3, 0.4) is 0 Å². The van der Waals surface area contributed by atoms with Gasteiger partial charge in [0, 0.05) is 38.4 Å². The van der Waals surface area contributed by atoms with E-state index < -0.39 is 0 Å². The van der Waals surface area contributed by atoms with Crippen LogP contribution in [0.5, 0.6) is 0 Å². The summed E-state index contributed by atoms with van der Waals surface area (Å²) in [7, 11) is 0. The number of hydrogen-bond donors (Lipinski definition) is 1. The number of rotatable bonds is 7. The fourth-order valence-corrected chi connectivity index (χ4v) is 4.37. The fourth-order valence-electron chi connectivity index (χ4n) is 2.65. The van der Waals surface area contributed by atoms with E-state index in [9.17, 15) is 19.2 Å². The van der Waals surface area contributed by atoms with Gasteiger partial charge in [0.15, 0.2) is 0 Å². The van der Waals surface area contributed by atoms with Crippen LogP contribution in [0.2, 0.25) is 0 Å². The van der Waals surface area contributed by atoms with Gasteiger partial charge in [-0.05, 0) is 23.4 Å². The van der Waals surface area contributed by atoms with Crippen molar-refractivity contribution in [3.8, 4) is 0 Å². The fraction of sp³-hybridized carbons (Fsp3) is 0.333. The molecule has 1 N–H and O–H groups in total. The van der Waals surface area contributed by atoms with Crippen LogP contribution < -0.4 is 5.32 Å². The maximum atomic E-state index is 12.4. The number of nitrogens with one attached hydrogen (secondary N) is 1. The minimum absolute atomic E-state index is 0.00539. The Morgan fingerprint density at radius 1 is 1.11 bits per heavy atom. The topological polar surface area (TPSA) is 86.8 Å². The molecule has 0 spiro atoms. The monoisotopic (exact) mass is 405 g/mol. The van der Waals surface area contributed by atoms with E-state index in [0.717, 1.165) is 28.0 Å². The molecule has 0 unspecified atom stereocenters. The summed E-state index contributed by atoms with van der Waals surface area (Å²) in [5.74, 6) is 0.213. The first kappa shape index (κ1) is 19.5. The summed E-state index contributed by atoms with van der Waals surface area (Å²) in [5.41, 5.74) is 0.853. The third-order valence-corrected chi connectivity index (χ3v) is 5.88. The lowest BCUT2D eigenvalue weighted by Crippen LogP contribution is -2.38. The number of nitrogens with zero attached hydrogens (tertiary/aromatic N) is 2. The van der Waals surface area contributed by atoms with Gasteiger partial charge < -0.3 is 10.2 Å². The second kappa shape index (κ2) is 9.09. The molecule has 2 aliphatic heterocycles. The summed E-state index contributed by atoms with van der Waals surface area (Å²) >= 11 is 2.16. The van der Waals surface area contributed by atoms with Gasteiger partial charge >= 0.3 is 0 Å². The van der Waals surface area contributed by atoms with Crippen LogP contribution in [0.25, 0.3) is 6.08 Å². The van der Waals surface area contributed by atoms with Gasteiger partial charge in [0.05, 0.1) is 4.91 Å². The molecular formula is C18H19N3O4S2. The van der Waals surface area contributed by atoms with E-state index in [2.05, 4.69) is 5.32 Å². The maximum Gasteiger partial charge on any atom is 0.293 e. The molecule has 0 bridgehead atoms. The van der Waals surface area contributed by atoms with Crippen LogP contribution in [0.1, 0.15) is 12.0 Å². The molecule has 3 rings (SSSR count). The first-order valence-corrected chi connectivity index (χ1v) is 10.3. The predicted octanol–water partition coefficient (Wildman–Crippen LogP) is 2.40. The highest BCUT2D eigenvalue weighted by Crippen LogP contribution is 2.31. The summed E-state index contributed by atoms with van der Waals surface area (Å²) < 4.78 is 0. The molecule has 2 saturated heterocycles. The number of carbonyl (C=O) groups excluding carboxylic acids is 4. The largest absolute Gasteiger partial charge is 0.354 e. The Labute approximate surface area is 165 Å². The van der Waals surface area contributed by atoms with Gasteiger partial charge in [0.2, 0.25) is 5.91 Å². The van der Waals surface area contributed by atoms with Crippen LogP contribution >= 0.6 is 23.5 Å². The van der Waals surface area contributed by atoms with Crippen molar-refractivity contribution in [2.75, 3.05) is 31.9 Å². The van der Waals surface area contributed by atoms with E-state index in [1.807, 2.05) is 30.3 Å². The zero-order chi connectivity index (χ0) is 19.2. The Morgan fingerprint density at radius 3 is 2.59 bits per heavy atom. The molecule has 0 radical (unpaired) electrons. The summed E-state index contributed by atoms with van der Waals surface area (Å²) in [6.45, 7) is 1.37. The summed E-state index contributed by atoms with van der Waals surface area (Å²) in [5, 5.41) is 2.36. The third kappa shape index (κ3) is 5.14. The standard InChI is InChI=1S/C18H19N3O4S2/c22-15(6-8-20-10-11-26-17(20)24)19-7-9-21-16(23)14(27-18(21)25)12-13-4-2-1-3-5-13/h1-5,12H,6-11H2,(H,19,22). The van der Waals surface area contributed by atoms with Gasteiger partial charge in [-0.25, -0.2) is 0 Å². The van der Waals surface area contributed by atoms with Gasteiger partial charge in [0.1, 0.15) is 0 Å². The summed E-state index contributed by atoms with van der Waals surface area (Å²) in [6, 6.07) is 9.32. The molecule has 27 heavy (non-hydrogen) atoms. The van der Waals surface area contributed by atoms with E-state index in [0.29, 0.717) is 18.0 Å². The highest BCUT2D eigenvalue weighted by Gasteiger charge is 2.34. The molecular weight excluding hydrogens is 386 g/mol. The van der Waals surface area contributed by atoms with Crippen molar-refractivity contribution in [3.05, 3.63) is 40.8 Å². The van der Waals surface area contributed by atoms with Crippen molar-refractivity contribution < 1.29 is 19.2 Å². The van der Waals surface area contributed by atoms with E-state index in [1.165, 1.54) is 11.8 Å². The Morgan fingerprint density at radius 2 is 1.89 bits per heavy atom. The van der Waals surface area contributed by atoms with E-state index in [-0.39, 0.29) is 41.8 Å². The zero-order valence-electron chi connectivity index (χ0n) is 14.6. The van der Waals surface area contributed by atoms with E-state index in [4.69, 9.17) is 0 Å². The number of imide groups is 1. The number of carbonyl (C=O) groups is 4. The SMILES string of the molecule is O=C(CCN1CCSC1=O)NCCN1C(=O)SC(=Cc2ccccc2)C1=O. The molecule has 7 nitrogen and oxygen atoms in total. The quantitative estimate of drug-likeness (QED) is 0.701. The van der Waals surface area contributed by atoms with Crippen LogP contribution in [0.4, 0.5) is 9.59 Å². The Kier molecular flexibility index (Phi) is 6.57. The van der Waals surface area contributed by atoms with Crippen LogP contribution in [-0.2, 0) is 9.59 Å². The van der Waals surface area contributed by atoms with Gasteiger partial charge in [-0.1, -0.05) is 42.1 Å². The molecule has 0 atom stereocenters. The third-order valence-electron chi connectivity index (χ3n) is 4.08. The lowest BCUT2D eigenvalue weighted by Gasteiger charge is -2.15. The lowest BCUT2D eigenvalue weighted by atomic mass is 10.2. The van der Waals surface area contributed by atoms with Gasteiger partial charge in [-0.3, -0.25) is 24.1 Å². The first-order valence-electron chi connectivity index (χ1n) is 8.53. The van der Waals surface area contributed by atoms with E-state index in [1.54, 1.807) is 11.0 Å². The highest BCUT2D eigenvalue weighted by atomic mass is 32.2. The Hall–Kier alpha value is -2.26. The van der Waals surface area contributed by atoms with Crippen LogP contribution in [-0.4, -0.2) is 64.0 Å². The Balaban J connectivity index is 1.44. The van der Waals surface area contributed by atoms with Crippen molar-refractivity contribution in [2.45, 2.75) is 6.42 Å². The molecule has 9 heteroatoms. The smallest absolute Gasteiger partial charge is 0.293 e. The average Bonchev–Trinajstić information content (AvgIpc) is 3.18. The molecule has 4 amide bonds. The average molecular weight is 406 g/mol. The molecule has 2 heterocycles. The normalized spacial score (nSPS) is 18.7. The molecule has 0 aromatic heterocycles. The molecule has 1 aromatic carbocycles. The molecule has 142 valence electrons. The number of thioether (sulfide) groups is 2. The van der Waals surface area contributed by atoms with Crippen molar-refractivity contribution >= 4 is 51.9 Å². The zero-order valence-corrected chi connectivity index (χ0v) is 16.2. The van der Waals surface area contributed by atoms with Crippen LogP contribution in [0.15, 0.2) is 35.2 Å². The number of benzene rings is 1. The van der Waals surface area contributed by atoms with Crippen molar-refractivity contribution in [1.82, 2.24) is 15.1 Å². The summed E-state index contributed by atoms with van der Waals surface area (Å²) in [4.78, 5) is 51.0. The van der Waals surface area contributed by atoms with E-state index >= 15 is 0 Å². The first-order chi connectivity index (χ1) is 13.0. The second-order valence-electron chi connectivity index (χ2n) is 5.95. The minimum Gasteiger partial charge on any atom is -0.354 e. The van der Waals surface area contributed by atoms with Crippen LogP contribution in [0, 0.1) is 0 Å². The molecule has 0 aliphatic carbocycles. The summed E-state index contributed by atoms with van der Waals surface area (Å²) in [6.07, 6.45) is 1.90.